The topological polar surface area (TPSA) is 56.0 Å². The van der Waals surface area contributed by atoms with Crippen molar-refractivity contribution in [2.24, 2.45) is 5.73 Å². The number of benzene rings is 2. The van der Waals surface area contributed by atoms with E-state index in [0.717, 1.165) is 16.3 Å². The number of aromatic nitrogens is 1. The quantitative estimate of drug-likeness (QED) is 0.740. The van der Waals surface area contributed by atoms with E-state index in [1.165, 1.54) is 0 Å². The van der Waals surface area contributed by atoms with Crippen molar-refractivity contribution in [1.29, 1.82) is 0 Å². The maximum Gasteiger partial charge on any atom is 0.195 e. The third-order valence-corrected chi connectivity index (χ3v) is 4.00. The van der Waals surface area contributed by atoms with Gasteiger partial charge in [-0.3, -0.25) is 9.78 Å². The smallest absolute Gasteiger partial charge is 0.195 e. The zero-order valence-corrected chi connectivity index (χ0v) is 12.8. The fourth-order valence-corrected chi connectivity index (χ4v) is 2.74. The van der Waals surface area contributed by atoms with Crippen LogP contribution in [0, 0.1) is 0 Å². The largest absolute Gasteiger partial charge is 0.324 e. The lowest BCUT2D eigenvalue weighted by Crippen LogP contribution is -2.07. The van der Waals surface area contributed by atoms with Crippen molar-refractivity contribution < 1.29 is 4.79 Å². The minimum Gasteiger partial charge on any atom is -0.324 e. The molecule has 1 heterocycles. The average Bonchev–Trinajstić information content (AvgIpc) is 2.53. The van der Waals surface area contributed by atoms with Gasteiger partial charge in [-0.15, -0.1) is 0 Å². The molecule has 0 saturated carbocycles. The Balaban J connectivity index is 2.10. The van der Waals surface area contributed by atoms with Crippen molar-refractivity contribution in [3.8, 4) is 0 Å². The molecular weight excluding hydrogens is 296 g/mol. The second kappa shape index (κ2) is 5.87. The number of pyridine rings is 1. The van der Waals surface area contributed by atoms with Gasteiger partial charge in [-0.2, -0.15) is 0 Å². The number of fused-ring (bicyclic) bond motifs is 1. The van der Waals surface area contributed by atoms with Crippen molar-refractivity contribution in [3.05, 3.63) is 76.6 Å². The lowest BCUT2D eigenvalue weighted by molar-refractivity contribution is 0.104. The van der Waals surface area contributed by atoms with Crippen molar-refractivity contribution in [1.82, 2.24) is 4.98 Å². The van der Waals surface area contributed by atoms with Gasteiger partial charge in [-0.05, 0) is 36.1 Å². The highest BCUT2D eigenvalue weighted by atomic mass is 35.5. The highest BCUT2D eigenvalue weighted by molar-refractivity contribution is 6.35. The summed E-state index contributed by atoms with van der Waals surface area (Å²) in [4.78, 5) is 16.9. The minimum atomic E-state index is -0.120. The van der Waals surface area contributed by atoms with Gasteiger partial charge >= 0.3 is 0 Å². The number of hydrogen-bond donors (Lipinski definition) is 1. The molecule has 4 heteroatoms. The highest BCUT2D eigenvalue weighted by Gasteiger charge is 2.16. The number of hydrogen-bond acceptors (Lipinski definition) is 3. The minimum absolute atomic E-state index is 0.0991. The molecule has 0 saturated heterocycles. The normalized spacial score (nSPS) is 12.3. The molecular formula is C18H15ClN2O. The molecule has 3 rings (SSSR count). The van der Waals surface area contributed by atoms with Crippen LogP contribution in [0.5, 0.6) is 0 Å². The molecule has 3 nitrogen and oxygen atoms in total. The van der Waals surface area contributed by atoms with Crippen molar-refractivity contribution in [2.75, 3.05) is 0 Å². The van der Waals surface area contributed by atoms with E-state index in [1.54, 1.807) is 30.6 Å². The number of carbonyl (C=O) groups is 1. The van der Waals surface area contributed by atoms with E-state index < -0.39 is 0 Å². The molecule has 0 spiro atoms. The molecule has 0 aliphatic rings. The fourth-order valence-electron chi connectivity index (χ4n) is 2.46. The molecule has 0 radical (unpaired) electrons. The van der Waals surface area contributed by atoms with Crippen molar-refractivity contribution in [2.45, 2.75) is 13.0 Å². The molecule has 0 aliphatic carbocycles. The first kappa shape index (κ1) is 14.7. The van der Waals surface area contributed by atoms with Gasteiger partial charge in [0.15, 0.2) is 5.78 Å². The van der Waals surface area contributed by atoms with Crippen LogP contribution in [0.1, 0.15) is 34.5 Å². The summed E-state index contributed by atoms with van der Waals surface area (Å²) in [6.07, 6.45) is 3.42. The number of rotatable bonds is 3. The summed E-state index contributed by atoms with van der Waals surface area (Å²) >= 11 is 6.28. The molecule has 22 heavy (non-hydrogen) atoms. The lowest BCUT2D eigenvalue weighted by Gasteiger charge is -2.10. The Labute approximate surface area is 133 Å². The zero-order chi connectivity index (χ0) is 15.7. The summed E-state index contributed by atoms with van der Waals surface area (Å²) in [5.41, 5.74) is 7.85. The first-order valence-electron chi connectivity index (χ1n) is 7.00. The highest BCUT2D eigenvalue weighted by Crippen LogP contribution is 2.26. The van der Waals surface area contributed by atoms with Gasteiger partial charge in [0.2, 0.25) is 0 Å². The Kier molecular flexibility index (Phi) is 3.92. The summed E-state index contributed by atoms with van der Waals surface area (Å²) < 4.78 is 0. The molecule has 2 aromatic carbocycles. The summed E-state index contributed by atoms with van der Waals surface area (Å²) in [6.45, 7) is 1.88. The molecule has 0 fully saturated rings. The molecule has 1 aromatic heterocycles. The van der Waals surface area contributed by atoms with Crippen LogP contribution in [0.3, 0.4) is 0 Å². The molecule has 1 atom stereocenters. The number of carbonyl (C=O) groups excluding carboxylic acids is 1. The van der Waals surface area contributed by atoms with Crippen LogP contribution in [0.25, 0.3) is 10.8 Å². The Hall–Kier alpha value is -2.23. The van der Waals surface area contributed by atoms with Gasteiger partial charge in [0.25, 0.3) is 0 Å². The maximum absolute atomic E-state index is 12.8. The average molecular weight is 311 g/mol. The molecule has 3 aromatic rings. The van der Waals surface area contributed by atoms with Crippen LogP contribution in [-0.4, -0.2) is 10.8 Å². The van der Waals surface area contributed by atoms with Crippen LogP contribution in [0.4, 0.5) is 0 Å². The maximum atomic E-state index is 12.8. The van der Waals surface area contributed by atoms with E-state index in [9.17, 15) is 4.79 Å². The van der Waals surface area contributed by atoms with Crippen LogP contribution >= 0.6 is 11.6 Å². The van der Waals surface area contributed by atoms with Gasteiger partial charge in [-0.1, -0.05) is 35.9 Å². The Bertz CT molecular complexity index is 853. The van der Waals surface area contributed by atoms with Crippen LogP contribution in [-0.2, 0) is 0 Å². The predicted octanol–water partition coefficient (Wildman–Crippen LogP) is 4.14. The third-order valence-electron chi connectivity index (χ3n) is 3.69. The summed E-state index contributed by atoms with van der Waals surface area (Å²) in [6, 6.07) is 12.6. The van der Waals surface area contributed by atoms with E-state index in [0.29, 0.717) is 16.1 Å². The molecule has 0 aliphatic heterocycles. The van der Waals surface area contributed by atoms with Crippen molar-refractivity contribution >= 4 is 28.2 Å². The van der Waals surface area contributed by atoms with E-state index in [4.69, 9.17) is 17.3 Å². The molecule has 2 N–H and O–H groups in total. The zero-order valence-electron chi connectivity index (χ0n) is 12.1. The van der Waals surface area contributed by atoms with E-state index >= 15 is 0 Å². The predicted molar refractivity (Wildman–Crippen MR) is 89.2 cm³/mol. The second-order valence-electron chi connectivity index (χ2n) is 5.26. The fraction of sp³-hybridized carbons (Fsp3) is 0.111. The van der Waals surface area contributed by atoms with E-state index in [-0.39, 0.29) is 11.8 Å². The summed E-state index contributed by atoms with van der Waals surface area (Å²) in [5, 5.41) is 2.22. The van der Waals surface area contributed by atoms with E-state index in [2.05, 4.69) is 4.98 Å². The Morgan fingerprint density at radius 3 is 2.73 bits per heavy atom. The van der Waals surface area contributed by atoms with Gasteiger partial charge in [0.1, 0.15) is 0 Å². The number of nitrogens with two attached hydrogens (primary N) is 1. The SMILES string of the molecule is C[C@@H](N)c1ccc(C(=O)c2cccc3cnccc23)c(Cl)c1. The van der Waals surface area contributed by atoms with E-state index in [1.807, 2.05) is 31.2 Å². The van der Waals surface area contributed by atoms with Gasteiger partial charge in [0.05, 0.1) is 5.02 Å². The lowest BCUT2D eigenvalue weighted by atomic mass is 9.97. The number of nitrogens with zero attached hydrogens (tertiary/aromatic N) is 1. The Morgan fingerprint density at radius 2 is 2.00 bits per heavy atom. The summed E-state index contributed by atoms with van der Waals surface area (Å²) in [7, 11) is 0. The van der Waals surface area contributed by atoms with Gasteiger partial charge in [0, 0.05) is 34.9 Å². The third kappa shape index (κ3) is 2.61. The van der Waals surface area contributed by atoms with Crippen LogP contribution < -0.4 is 5.73 Å². The molecule has 0 bridgehead atoms. The number of halogens is 1. The van der Waals surface area contributed by atoms with Gasteiger partial charge < -0.3 is 5.73 Å². The van der Waals surface area contributed by atoms with Gasteiger partial charge in [-0.25, -0.2) is 0 Å². The first-order valence-corrected chi connectivity index (χ1v) is 7.38. The van der Waals surface area contributed by atoms with Crippen LogP contribution in [0.15, 0.2) is 54.9 Å². The summed E-state index contributed by atoms with van der Waals surface area (Å²) in [5.74, 6) is -0.0991. The molecule has 110 valence electrons. The second-order valence-corrected chi connectivity index (χ2v) is 5.67. The first-order chi connectivity index (χ1) is 10.6. The monoisotopic (exact) mass is 310 g/mol. The standard InChI is InChI=1S/C18H15ClN2O/c1-11(20)12-5-6-16(17(19)9-12)18(22)15-4-2-3-13-10-21-8-7-14(13)15/h2-11H,20H2,1H3/t11-/m1/s1. The van der Waals surface area contributed by atoms with Crippen molar-refractivity contribution in [3.63, 3.8) is 0 Å². The molecule has 0 unspecified atom stereocenters. The van der Waals surface area contributed by atoms with Crippen LogP contribution in [0.2, 0.25) is 5.02 Å². The molecule has 0 amide bonds. The Morgan fingerprint density at radius 1 is 1.18 bits per heavy atom. The number of ketones is 1.